The summed E-state index contributed by atoms with van der Waals surface area (Å²) in [4.78, 5) is 7.83. The predicted molar refractivity (Wildman–Crippen MR) is 101 cm³/mol. The van der Waals surface area contributed by atoms with Crippen LogP contribution in [0.4, 0.5) is 24.5 Å². The zero-order valence-corrected chi connectivity index (χ0v) is 15.8. The lowest BCUT2D eigenvalue weighted by molar-refractivity contribution is -0.137. The molecule has 2 aromatic rings. The second-order valence-corrected chi connectivity index (χ2v) is 7.49. The summed E-state index contributed by atoms with van der Waals surface area (Å²) in [7, 11) is 0. The van der Waals surface area contributed by atoms with E-state index in [0.29, 0.717) is 33.6 Å². The van der Waals surface area contributed by atoms with Crippen LogP contribution >= 0.6 is 11.8 Å². The van der Waals surface area contributed by atoms with Crippen molar-refractivity contribution in [2.24, 2.45) is 16.5 Å². The van der Waals surface area contributed by atoms with Crippen LogP contribution in [0.15, 0.2) is 44.5 Å². The van der Waals surface area contributed by atoms with E-state index in [2.05, 4.69) is 10.1 Å². The fourth-order valence-corrected chi connectivity index (χ4v) is 4.27. The zero-order chi connectivity index (χ0) is 20.2. The Balaban J connectivity index is 1.69. The Labute approximate surface area is 162 Å². The van der Waals surface area contributed by atoms with E-state index in [1.807, 2.05) is 4.90 Å². The van der Waals surface area contributed by atoms with Gasteiger partial charge in [-0.05, 0) is 38.1 Å². The number of benzene rings is 1. The molecule has 0 amide bonds. The standard InChI is InChI=1S/C17H17F3N6OS/c1-8-12(9(2)27-24-8)26-13-14(21)25(7-23-15(13)28-16(26)22)11-5-3-10(4-6-11)17(18,19)20/h3-7,14,16H,21-22H2,1-2H3. The number of thioether (sulfide) groups is 1. The van der Waals surface area contributed by atoms with Gasteiger partial charge in [-0.2, -0.15) is 13.2 Å². The average molecular weight is 410 g/mol. The molecule has 28 heavy (non-hydrogen) atoms. The summed E-state index contributed by atoms with van der Waals surface area (Å²) >= 11 is 1.34. The number of rotatable bonds is 2. The molecule has 3 heterocycles. The smallest absolute Gasteiger partial charge is 0.359 e. The summed E-state index contributed by atoms with van der Waals surface area (Å²) < 4.78 is 43.7. The van der Waals surface area contributed by atoms with Crippen LogP contribution in [0.5, 0.6) is 0 Å². The molecule has 2 unspecified atom stereocenters. The van der Waals surface area contributed by atoms with Gasteiger partial charge in [0.2, 0.25) is 0 Å². The molecule has 0 fully saturated rings. The van der Waals surface area contributed by atoms with E-state index >= 15 is 0 Å². The highest BCUT2D eigenvalue weighted by molar-refractivity contribution is 8.04. The van der Waals surface area contributed by atoms with Gasteiger partial charge >= 0.3 is 6.18 Å². The quantitative estimate of drug-likeness (QED) is 0.785. The highest BCUT2D eigenvalue weighted by atomic mass is 32.2. The first-order chi connectivity index (χ1) is 13.2. The second kappa shape index (κ2) is 6.54. The molecule has 2 aliphatic rings. The molecule has 4 N–H and O–H groups in total. The number of aliphatic imine (C=N–C) groups is 1. The fourth-order valence-electron chi connectivity index (χ4n) is 3.27. The number of nitrogens with zero attached hydrogens (tertiary/aromatic N) is 4. The molecule has 0 aliphatic carbocycles. The molecule has 0 saturated carbocycles. The van der Waals surface area contributed by atoms with Crippen LogP contribution in [0.3, 0.4) is 0 Å². The first-order valence-electron chi connectivity index (χ1n) is 8.32. The predicted octanol–water partition coefficient (Wildman–Crippen LogP) is 3.11. The van der Waals surface area contributed by atoms with Crippen molar-refractivity contribution in [3.8, 4) is 0 Å². The Morgan fingerprint density at radius 2 is 1.82 bits per heavy atom. The Morgan fingerprint density at radius 1 is 1.14 bits per heavy atom. The molecule has 2 atom stereocenters. The summed E-state index contributed by atoms with van der Waals surface area (Å²) in [5.74, 6) is 0.588. The Hall–Kier alpha value is -2.50. The number of aryl methyl sites for hydroxylation is 2. The molecule has 7 nitrogen and oxygen atoms in total. The van der Waals surface area contributed by atoms with Gasteiger partial charge in [0.1, 0.15) is 28.1 Å². The Morgan fingerprint density at radius 3 is 2.39 bits per heavy atom. The number of anilines is 2. The van der Waals surface area contributed by atoms with Crippen LogP contribution in [0.25, 0.3) is 0 Å². The molecule has 148 valence electrons. The molecule has 0 bridgehead atoms. The van der Waals surface area contributed by atoms with Crippen molar-refractivity contribution in [3.63, 3.8) is 0 Å². The van der Waals surface area contributed by atoms with Crippen LogP contribution in [0.2, 0.25) is 0 Å². The van der Waals surface area contributed by atoms with E-state index in [1.165, 1.54) is 30.2 Å². The highest BCUT2D eigenvalue weighted by Crippen LogP contribution is 2.45. The van der Waals surface area contributed by atoms with Crippen molar-refractivity contribution in [2.75, 3.05) is 9.80 Å². The first-order valence-corrected chi connectivity index (χ1v) is 9.20. The van der Waals surface area contributed by atoms with Crippen LogP contribution in [-0.4, -0.2) is 23.2 Å². The third-order valence-corrected chi connectivity index (χ3v) is 5.56. The van der Waals surface area contributed by atoms with E-state index in [1.54, 1.807) is 18.7 Å². The molecular formula is C17H17F3N6OS. The van der Waals surface area contributed by atoms with E-state index in [-0.39, 0.29) is 0 Å². The van der Waals surface area contributed by atoms with Gasteiger partial charge in [-0.25, -0.2) is 4.99 Å². The summed E-state index contributed by atoms with van der Waals surface area (Å²) in [6, 6.07) is 4.76. The molecule has 0 spiro atoms. The molecule has 1 aromatic heterocycles. The third-order valence-electron chi connectivity index (χ3n) is 4.57. The normalized spacial score (nSPS) is 22.2. The molecule has 0 saturated heterocycles. The Bertz CT molecular complexity index is 949. The van der Waals surface area contributed by atoms with Crippen molar-refractivity contribution in [3.05, 3.63) is 52.0 Å². The van der Waals surface area contributed by atoms with Crippen LogP contribution in [0, 0.1) is 13.8 Å². The van der Waals surface area contributed by atoms with E-state index < -0.39 is 23.4 Å². The van der Waals surface area contributed by atoms with Gasteiger partial charge in [-0.3, -0.25) is 0 Å². The monoisotopic (exact) mass is 410 g/mol. The van der Waals surface area contributed by atoms with E-state index in [9.17, 15) is 13.2 Å². The van der Waals surface area contributed by atoms with Gasteiger partial charge in [0.15, 0.2) is 5.76 Å². The number of nitrogens with two attached hydrogens (primary N) is 2. The van der Waals surface area contributed by atoms with Gasteiger partial charge in [0.25, 0.3) is 0 Å². The number of alkyl halides is 3. The number of halogens is 3. The van der Waals surface area contributed by atoms with Gasteiger partial charge in [0, 0.05) is 5.69 Å². The van der Waals surface area contributed by atoms with Crippen LogP contribution < -0.4 is 21.3 Å². The van der Waals surface area contributed by atoms with Crippen LogP contribution in [0.1, 0.15) is 17.0 Å². The van der Waals surface area contributed by atoms with Gasteiger partial charge in [0.05, 0.1) is 17.6 Å². The minimum Gasteiger partial charge on any atom is -0.359 e. The van der Waals surface area contributed by atoms with E-state index in [4.69, 9.17) is 16.0 Å². The lowest BCUT2D eigenvalue weighted by Gasteiger charge is -2.35. The average Bonchev–Trinajstić information content (AvgIpc) is 3.13. The number of hydrogen-bond donors (Lipinski definition) is 2. The molecular weight excluding hydrogens is 393 g/mol. The van der Waals surface area contributed by atoms with Gasteiger partial charge in [-0.15, -0.1) is 0 Å². The molecule has 11 heteroatoms. The maximum absolute atomic E-state index is 12.8. The minimum absolute atomic E-state index is 0.474. The van der Waals surface area contributed by atoms with Crippen molar-refractivity contribution in [1.29, 1.82) is 0 Å². The number of aromatic nitrogens is 1. The summed E-state index contributed by atoms with van der Waals surface area (Å²) in [5.41, 5.74) is 14.1. The maximum Gasteiger partial charge on any atom is 0.416 e. The van der Waals surface area contributed by atoms with Crippen molar-refractivity contribution in [1.82, 2.24) is 5.16 Å². The lowest BCUT2D eigenvalue weighted by atomic mass is 10.1. The topological polar surface area (TPSA) is 96.9 Å². The second-order valence-electron chi connectivity index (χ2n) is 6.38. The van der Waals surface area contributed by atoms with Crippen molar-refractivity contribution >= 4 is 29.5 Å². The summed E-state index contributed by atoms with van der Waals surface area (Å²) in [5, 5.41) is 4.62. The van der Waals surface area contributed by atoms with E-state index in [0.717, 1.165) is 12.1 Å². The molecule has 4 rings (SSSR count). The van der Waals surface area contributed by atoms with Crippen molar-refractivity contribution < 1.29 is 17.7 Å². The number of hydrogen-bond acceptors (Lipinski definition) is 8. The third kappa shape index (κ3) is 2.95. The highest BCUT2D eigenvalue weighted by Gasteiger charge is 2.41. The SMILES string of the molecule is Cc1noc(C)c1N1C2=C(N=CN(c3ccc(C(F)(F)F)cc3)C2N)SC1N. The molecule has 2 aliphatic heterocycles. The lowest BCUT2D eigenvalue weighted by Crippen LogP contribution is -2.50. The summed E-state index contributed by atoms with van der Waals surface area (Å²) in [6.45, 7) is 3.57. The minimum atomic E-state index is -4.40. The van der Waals surface area contributed by atoms with Crippen LogP contribution in [-0.2, 0) is 6.18 Å². The summed E-state index contributed by atoms with van der Waals surface area (Å²) in [6.07, 6.45) is -3.59. The Kier molecular flexibility index (Phi) is 4.40. The first kappa shape index (κ1) is 18.8. The maximum atomic E-state index is 12.8. The molecule has 1 aromatic carbocycles. The zero-order valence-electron chi connectivity index (χ0n) is 14.9. The largest absolute Gasteiger partial charge is 0.416 e. The van der Waals surface area contributed by atoms with Crippen molar-refractivity contribution in [2.45, 2.75) is 31.7 Å². The fraction of sp³-hybridized carbons (Fsp3) is 0.294. The van der Waals surface area contributed by atoms with Gasteiger partial charge < -0.3 is 25.8 Å². The molecule has 0 radical (unpaired) electrons. The van der Waals surface area contributed by atoms with Gasteiger partial charge in [-0.1, -0.05) is 16.9 Å².